The van der Waals surface area contributed by atoms with Crippen LogP contribution in [0.5, 0.6) is 0 Å². The number of alkyl halides is 2. The lowest BCUT2D eigenvalue weighted by molar-refractivity contribution is 0.0174. The second kappa shape index (κ2) is 12.4. The van der Waals surface area contributed by atoms with E-state index in [1.54, 1.807) is 12.1 Å². The molecular formula is C32H37F2N3O. The van der Waals surface area contributed by atoms with Crippen molar-refractivity contribution in [3.8, 4) is 0 Å². The van der Waals surface area contributed by atoms with Gasteiger partial charge in [0, 0.05) is 43.4 Å². The summed E-state index contributed by atoms with van der Waals surface area (Å²) in [5.74, 6) is -2.81. The van der Waals surface area contributed by atoms with Gasteiger partial charge in [0.1, 0.15) is 0 Å². The Bertz CT molecular complexity index is 1270. The number of piperidine rings is 1. The number of nitrogens with one attached hydrogen (secondary N) is 2. The molecule has 3 aromatic rings. The largest absolute Gasteiger partial charge is 0.381 e. The van der Waals surface area contributed by atoms with Gasteiger partial charge < -0.3 is 15.5 Å². The van der Waals surface area contributed by atoms with Crippen LogP contribution in [-0.4, -0.2) is 37.0 Å². The first kappa shape index (κ1) is 27.5. The molecule has 1 saturated heterocycles. The topological polar surface area (TPSA) is 44.4 Å². The van der Waals surface area contributed by atoms with Crippen LogP contribution in [0.1, 0.15) is 66.2 Å². The molecule has 0 aliphatic carbocycles. The summed E-state index contributed by atoms with van der Waals surface area (Å²) in [7, 11) is 0. The van der Waals surface area contributed by atoms with Gasteiger partial charge in [-0.2, -0.15) is 0 Å². The molecule has 38 heavy (non-hydrogen) atoms. The molecule has 0 unspecified atom stereocenters. The van der Waals surface area contributed by atoms with E-state index in [1.165, 1.54) is 17.2 Å². The summed E-state index contributed by atoms with van der Waals surface area (Å²) in [6, 6.07) is 22.8. The van der Waals surface area contributed by atoms with Crippen molar-refractivity contribution in [1.29, 1.82) is 0 Å². The molecule has 1 aliphatic heterocycles. The molecule has 6 heteroatoms. The Morgan fingerprint density at radius 1 is 0.895 bits per heavy atom. The first-order valence-electron chi connectivity index (χ1n) is 13.4. The average molecular weight is 518 g/mol. The molecule has 1 fully saturated rings. The number of hydrogen-bond donors (Lipinski definition) is 2. The second-order valence-corrected chi connectivity index (χ2v) is 9.81. The van der Waals surface area contributed by atoms with E-state index in [1.807, 2.05) is 49.1 Å². The minimum absolute atomic E-state index is 0.0198. The van der Waals surface area contributed by atoms with Crippen molar-refractivity contribution in [1.82, 2.24) is 10.2 Å². The van der Waals surface area contributed by atoms with Crippen LogP contribution in [0.15, 0.2) is 78.4 Å². The SMILES string of the molecule is CCN(CC)C(=O)c1ccc(C(=C2CCNCC2)c2cccc(NCc3cccc(C(C)(F)F)c3)c2)cc1. The Kier molecular flexibility index (Phi) is 8.95. The lowest BCUT2D eigenvalue weighted by atomic mass is 9.88. The van der Waals surface area contributed by atoms with E-state index < -0.39 is 5.92 Å². The lowest BCUT2D eigenvalue weighted by Crippen LogP contribution is -2.30. The van der Waals surface area contributed by atoms with E-state index in [2.05, 4.69) is 34.9 Å². The van der Waals surface area contributed by atoms with Crippen molar-refractivity contribution in [2.45, 2.75) is 46.1 Å². The maximum atomic E-state index is 13.8. The zero-order valence-electron chi connectivity index (χ0n) is 22.5. The lowest BCUT2D eigenvalue weighted by Gasteiger charge is -2.22. The van der Waals surface area contributed by atoms with Gasteiger partial charge in [-0.1, -0.05) is 48.0 Å². The molecule has 1 aliphatic rings. The molecule has 0 aromatic heterocycles. The minimum Gasteiger partial charge on any atom is -0.381 e. The third kappa shape index (κ3) is 6.67. The van der Waals surface area contributed by atoms with Crippen molar-refractivity contribution in [3.63, 3.8) is 0 Å². The van der Waals surface area contributed by atoms with Gasteiger partial charge >= 0.3 is 0 Å². The fourth-order valence-electron chi connectivity index (χ4n) is 4.97. The van der Waals surface area contributed by atoms with Gasteiger partial charge in [-0.3, -0.25) is 4.79 Å². The van der Waals surface area contributed by atoms with Gasteiger partial charge in [0.15, 0.2) is 0 Å². The number of carbonyl (C=O) groups excluding carboxylic acids is 1. The Hall–Kier alpha value is -3.51. The van der Waals surface area contributed by atoms with Gasteiger partial charge in [0.05, 0.1) is 0 Å². The summed E-state index contributed by atoms with van der Waals surface area (Å²) < 4.78 is 27.5. The number of rotatable bonds is 9. The molecule has 3 aromatic carbocycles. The summed E-state index contributed by atoms with van der Waals surface area (Å²) in [6.07, 6.45) is 1.93. The van der Waals surface area contributed by atoms with Gasteiger partial charge in [0.25, 0.3) is 11.8 Å². The van der Waals surface area contributed by atoms with Crippen LogP contribution in [-0.2, 0) is 12.5 Å². The minimum atomic E-state index is -2.86. The monoisotopic (exact) mass is 517 g/mol. The van der Waals surface area contributed by atoms with Crippen LogP contribution in [0.25, 0.3) is 5.57 Å². The smallest absolute Gasteiger partial charge is 0.270 e. The number of anilines is 1. The summed E-state index contributed by atoms with van der Waals surface area (Å²) in [5, 5.41) is 6.85. The van der Waals surface area contributed by atoms with Crippen LogP contribution in [0.4, 0.5) is 14.5 Å². The Morgan fingerprint density at radius 3 is 2.21 bits per heavy atom. The zero-order valence-corrected chi connectivity index (χ0v) is 22.5. The van der Waals surface area contributed by atoms with Crippen molar-refractivity contribution in [3.05, 3.63) is 106 Å². The van der Waals surface area contributed by atoms with Gasteiger partial charge in [0.2, 0.25) is 0 Å². The maximum absolute atomic E-state index is 13.8. The van der Waals surface area contributed by atoms with E-state index in [4.69, 9.17) is 0 Å². The number of benzene rings is 3. The summed E-state index contributed by atoms with van der Waals surface area (Å²) in [6.45, 7) is 8.60. The Balaban J connectivity index is 1.61. The van der Waals surface area contributed by atoms with E-state index in [9.17, 15) is 13.6 Å². The first-order chi connectivity index (χ1) is 18.3. The highest BCUT2D eigenvalue weighted by Crippen LogP contribution is 2.33. The van der Waals surface area contributed by atoms with Crippen molar-refractivity contribution >= 4 is 17.2 Å². The summed E-state index contributed by atoms with van der Waals surface area (Å²) in [4.78, 5) is 14.7. The van der Waals surface area contributed by atoms with E-state index >= 15 is 0 Å². The Labute approximate surface area is 224 Å². The Morgan fingerprint density at radius 2 is 1.55 bits per heavy atom. The molecule has 0 saturated carbocycles. The van der Waals surface area contributed by atoms with Crippen molar-refractivity contribution < 1.29 is 13.6 Å². The standard InChI is InChI=1S/C32H37F2N3O/c1-4-37(5-2)31(38)26-14-12-24(13-15-26)30(25-16-18-35-19-17-25)27-9-7-11-29(21-27)36-22-23-8-6-10-28(20-23)32(3,33)34/h6-15,20-21,35-36H,4-5,16-19,22H2,1-3H3. The zero-order chi connectivity index (χ0) is 27.1. The van der Waals surface area contributed by atoms with E-state index in [0.717, 1.165) is 55.2 Å². The number of nitrogens with zero attached hydrogens (tertiary/aromatic N) is 1. The van der Waals surface area contributed by atoms with Gasteiger partial charge in [-0.15, -0.1) is 0 Å². The molecule has 0 bridgehead atoms. The van der Waals surface area contributed by atoms with E-state index in [0.29, 0.717) is 25.2 Å². The maximum Gasteiger partial charge on any atom is 0.270 e. The molecule has 4 rings (SSSR count). The molecule has 0 radical (unpaired) electrons. The molecule has 0 spiro atoms. The molecule has 1 amide bonds. The number of amides is 1. The molecular weight excluding hydrogens is 480 g/mol. The molecule has 4 nitrogen and oxygen atoms in total. The normalized spacial score (nSPS) is 13.8. The summed E-state index contributed by atoms with van der Waals surface area (Å²) in [5.41, 5.74) is 7.23. The quantitative estimate of drug-likeness (QED) is 0.319. The fraction of sp³-hybridized carbons (Fsp3) is 0.344. The highest BCUT2D eigenvalue weighted by atomic mass is 19.3. The van der Waals surface area contributed by atoms with Gasteiger partial charge in [-0.25, -0.2) is 8.78 Å². The average Bonchev–Trinajstić information content (AvgIpc) is 2.94. The van der Waals surface area contributed by atoms with Crippen LogP contribution < -0.4 is 10.6 Å². The number of halogens is 2. The molecule has 0 atom stereocenters. The van der Waals surface area contributed by atoms with Crippen molar-refractivity contribution in [2.24, 2.45) is 0 Å². The molecule has 1 heterocycles. The van der Waals surface area contributed by atoms with Gasteiger partial charge in [-0.05, 0) is 92.4 Å². The van der Waals surface area contributed by atoms with Crippen LogP contribution in [0.2, 0.25) is 0 Å². The summed E-state index contributed by atoms with van der Waals surface area (Å²) >= 11 is 0. The van der Waals surface area contributed by atoms with Crippen LogP contribution >= 0.6 is 0 Å². The molecule has 2 N–H and O–H groups in total. The first-order valence-corrected chi connectivity index (χ1v) is 13.4. The van der Waals surface area contributed by atoms with Crippen LogP contribution in [0, 0.1) is 0 Å². The predicted molar refractivity (Wildman–Crippen MR) is 152 cm³/mol. The number of carbonyl (C=O) groups is 1. The van der Waals surface area contributed by atoms with E-state index in [-0.39, 0.29) is 11.5 Å². The predicted octanol–water partition coefficient (Wildman–Crippen LogP) is 7.08. The fourth-order valence-corrected chi connectivity index (χ4v) is 4.97. The molecule has 200 valence electrons. The third-order valence-corrected chi connectivity index (χ3v) is 7.11. The third-order valence-electron chi connectivity index (χ3n) is 7.11. The van der Waals surface area contributed by atoms with Crippen molar-refractivity contribution in [2.75, 3.05) is 31.5 Å². The highest BCUT2D eigenvalue weighted by molar-refractivity contribution is 5.95. The van der Waals surface area contributed by atoms with Crippen LogP contribution in [0.3, 0.4) is 0 Å². The highest BCUT2D eigenvalue weighted by Gasteiger charge is 2.24. The number of hydrogen-bond acceptors (Lipinski definition) is 3. The second-order valence-electron chi connectivity index (χ2n) is 9.81.